The van der Waals surface area contributed by atoms with Gasteiger partial charge >= 0.3 is 17.6 Å². The molecule has 0 bridgehead atoms. The Labute approximate surface area is 187 Å². The van der Waals surface area contributed by atoms with E-state index in [2.05, 4.69) is 5.10 Å². The van der Waals surface area contributed by atoms with Gasteiger partial charge in [-0.2, -0.15) is 18.3 Å². The highest BCUT2D eigenvalue weighted by molar-refractivity contribution is 8.00. The molecular weight excluding hydrogens is 447 g/mol. The van der Waals surface area contributed by atoms with Gasteiger partial charge in [0.1, 0.15) is 5.60 Å². The standard InChI is InChI=1S/C21H24F3N3O4S/c1-20(2,3)31-19(29)26-10-9-17-15(12-26)16(11-18(28)30-4)25-27(17)13-5-7-14(8-6-13)32-21(22,23)24/h5-8H,9-12H2,1-4H3. The Hall–Kier alpha value is -2.69. The molecule has 174 valence electrons. The fourth-order valence-electron chi connectivity index (χ4n) is 3.32. The third-order valence-corrected chi connectivity index (χ3v) is 5.39. The van der Waals surface area contributed by atoms with Crippen LogP contribution in [0.1, 0.15) is 37.7 Å². The molecule has 0 saturated carbocycles. The maximum absolute atomic E-state index is 12.6. The summed E-state index contributed by atoms with van der Waals surface area (Å²) < 4.78 is 49.7. The number of ether oxygens (including phenoxy) is 2. The van der Waals surface area contributed by atoms with E-state index >= 15 is 0 Å². The van der Waals surface area contributed by atoms with E-state index in [0.717, 1.165) is 5.69 Å². The predicted molar refractivity (Wildman–Crippen MR) is 112 cm³/mol. The van der Waals surface area contributed by atoms with Crippen molar-refractivity contribution in [1.82, 2.24) is 14.7 Å². The normalized spacial score (nSPS) is 14.2. The van der Waals surface area contributed by atoms with Crippen molar-refractivity contribution in [3.63, 3.8) is 0 Å². The molecule has 2 heterocycles. The molecular formula is C21H24F3N3O4S. The average molecular weight is 472 g/mol. The summed E-state index contributed by atoms with van der Waals surface area (Å²) in [4.78, 5) is 26.0. The molecule has 2 aromatic rings. The highest BCUT2D eigenvalue weighted by Crippen LogP contribution is 2.37. The summed E-state index contributed by atoms with van der Waals surface area (Å²) in [5.41, 5.74) is -2.50. The van der Waals surface area contributed by atoms with Crippen LogP contribution < -0.4 is 0 Å². The molecule has 0 unspecified atom stereocenters. The Balaban J connectivity index is 1.92. The van der Waals surface area contributed by atoms with Crippen molar-refractivity contribution in [3.05, 3.63) is 41.2 Å². The van der Waals surface area contributed by atoms with Crippen molar-refractivity contribution in [2.45, 2.75) is 56.2 Å². The van der Waals surface area contributed by atoms with E-state index in [1.165, 1.54) is 19.2 Å². The number of benzene rings is 1. The van der Waals surface area contributed by atoms with E-state index in [1.807, 2.05) is 0 Å². The van der Waals surface area contributed by atoms with Crippen molar-refractivity contribution < 1.29 is 32.2 Å². The molecule has 0 atom stereocenters. The summed E-state index contributed by atoms with van der Waals surface area (Å²) in [7, 11) is 1.27. The summed E-state index contributed by atoms with van der Waals surface area (Å²) in [6, 6.07) is 5.84. The largest absolute Gasteiger partial charge is 0.469 e. The first-order chi connectivity index (χ1) is 14.9. The van der Waals surface area contributed by atoms with Crippen molar-refractivity contribution >= 4 is 23.8 Å². The van der Waals surface area contributed by atoms with Gasteiger partial charge in [0.25, 0.3) is 0 Å². The predicted octanol–water partition coefficient (Wildman–Crippen LogP) is 4.49. The van der Waals surface area contributed by atoms with Crippen LogP contribution in [0.15, 0.2) is 29.2 Å². The summed E-state index contributed by atoms with van der Waals surface area (Å²) in [6.45, 7) is 5.93. The Kier molecular flexibility index (Phi) is 6.77. The summed E-state index contributed by atoms with van der Waals surface area (Å²) in [5.74, 6) is -0.483. The third kappa shape index (κ3) is 5.96. The minimum absolute atomic E-state index is 0.0631. The van der Waals surface area contributed by atoms with Gasteiger partial charge in [-0.3, -0.25) is 4.79 Å². The number of carbonyl (C=O) groups is 2. The molecule has 0 fully saturated rings. The van der Waals surface area contributed by atoms with Crippen LogP contribution in [-0.2, 0) is 33.7 Å². The lowest BCUT2D eigenvalue weighted by Gasteiger charge is -2.30. The number of methoxy groups -OCH3 is 1. The molecule has 0 spiro atoms. The Bertz CT molecular complexity index is 997. The molecule has 1 aliphatic rings. The first kappa shape index (κ1) is 24.0. The van der Waals surface area contributed by atoms with Crippen molar-refractivity contribution in [2.75, 3.05) is 13.7 Å². The van der Waals surface area contributed by atoms with E-state index in [9.17, 15) is 22.8 Å². The summed E-state index contributed by atoms with van der Waals surface area (Å²) in [5, 5.41) is 4.53. The Morgan fingerprint density at radius 2 is 1.81 bits per heavy atom. The van der Waals surface area contributed by atoms with Crippen LogP contribution in [0.3, 0.4) is 0 Å². The second kappa shape index (κ2) is 9.05. The lowest BCUT2D eigenvalue weighted by atomic mass is 10.0. The number of rotatable bonds is 4. The van der Waals surface area contributed by atoms with Gasteiger partial charge in [-0.15, -0.1) is 0 Å². The number of fused-ring (bicyclic) bond motifs is 1. The molecule has 7 nitrogen and oxygen atoms in total. The molecule has 1 aromatic heterocycles. The second-order valence-electron chi connectivity index (χ2n) is 8.23. The number of amides is 1. The molecule has 0 N–H and O–H groups in total. The number of alkyl halides is 3. The second-order valence-corrected chi connectivity index (χ2v) is 9.37. The van der Waals surface area contributed by atoms with Gasteiger partial charge in [-0.25, -0.2) is 9.48 Å². The van der Waals surface area contributed by atoms with E-state index in [1.54, 1.807) is 42.5 Å². The van der Waals surface area contributed by atoms with Crippen LogP contribution in [0.4, 0.5) is 18.0 Å². The van der Waals surface area contributed by atoms with E-state index in [0.29, 0.717) is 29.9 Å². The van der Waals surface area contributed by atoms with Crippen molar-refractivity contribution in [1.29, 1.82) is 0 Å². The van der Waals surface area contributed by atoms with Crippen LogP contribution in [0.2, 0.25) is 0 Å². The zero-order valence-electron chi connectivity index (χ0n) is 18.2. The monoisotopic (exact) mass is 471 g/mol. The third-order valence-electron chi connectivity index (χ3n) is 4.65. The van der Waals surface area contributed by atoms with E-state index < -0.39 is 23.2 Å². The number of nitrogens with zero attached hydrogens (tertiary/aromatic N) is 3. The number of hydrogen-bond acceptors (Lipinski definition) is 6. The molecule has 1 aromatic carbocycles. The lowest BCUT2D eigenvalue weighted by Crippen LogP contribution is -2.40. The molecule has 0 aliphatic carbocycles. The van der Waals surface area contributed by atoms with Gasteiger partial charge in [0.05, 0.1) is 37.2 Å². The fraction of sp³-hybridized carbons (Fsp3) is 0.476. The number of carbonyl (C=O) groups excluding carboxylic acids is 2. The minimum atomic E-state index is -4.37. The number of halogens is 3. The number of esters is 1. The van der Waals surface area contributed by atoms with Crippen LogP contribution in [0.5, 0.6) is 0 Å². The SMILES string of the molecule is COC(=O)Cc1nn(-c2ccc(SC(F)(F)F)cc2)c2c1CN(C(=O)OC(C)(C)C)CC2. The maximum Gasteiger partial charge on any atom is 0.446 e. The quantitative estimate of drug-likeness (QED) is 0.483. The van der Waals surface area contributed by atoms with Gasteiger partial charge in [0, 0.05) is 23.4 Å². The fourth-order valence-corrected chi connectivity index (χ4v) is 3.86. The molecule has 0 saturated heterocycles. The van der Waals surface area contributed by atoms with Crippen LogP contribution >= 0.6 is 11.8 Å². The first-order valence-corrected chi connectivity index (χ1v) is 10.7. The van der Waals surface area contributed by atoms with Gasteiger partial charge in [-0.05, 0) is 56.8 Å². The summed E-state index contributed by atoms with van der Waals surface area (Å²) in [6.07, 6.45) is -0.105. The highest BCUT2D eigenvalue weighted by atomic mass is 32.2. The molecule has 1 amide bonds. The van der Waals surface area contributed by atoms with E-state index in [-0.39, 0.29) is 29.6 Å². The van der Waals surface area contributed by atoms with Crippen LogP contribution in [0, 0.1) is 0 Å². The average Bonchev–Trinajstić information content (AvgIpc) is 3.03. The number of thioether (sulfide) groups is 1. The number of hydrogen-bond donors (Lipinski definition) is 0. The zero-order valence-corrected chi connectivity index (χ0v) is 19.0. The smallest absolute Gasteiger partial charge is 0.446 e. The van der Waals surface area contributed by atoms with Crippen molar-refractivity contribution in [3.8, 4) is 5.69 Å². The molecule has 32 heavy (non-hydrogen) atoms. The molecule has 3 rings (SSSR count). The minimum Gasteiger partial charge on any atom is -0.469 e. The number of aromatic nitrogens is 2. The van der Waals surface area contributed by atoms with Crippen molar-refractivity contribution in [2.24, 2.45) is 0 Å². The Morgan fingerprint density at radius 3 is 2.38 bits per heavy atom. The molecule has 11 heteroatoms. The highest BCUT2D eigenvalue weighted by Gasteiger charge is 2.32. The van der Waals surface area contributed by atoms with Crippen LogP contribution in [-0.4, -0.2) is 51.5 Å². The van der Waals surface area contributed by atoms with Gasteiger partial charge in [0.2, 0.25) is 0 Å². The maximum atomic E-state index is 12.6. The van der Waals surface area contributed by atoms with Gasteiger partial charge < -0.3 is 14.4 Å². The lowest BCUT2D eigenvalue weighted by molar-refractivity contribution is -0.139. The first-order valence-electron chi connectivity index (χ1n) is 9.87. The molecule has 1 aliphatic heterocycles. The topological polar surface area (TPSA) is 73.7 Å². The van der Waals surface area contributed by atoms with Gasteiger partial charge in [-0.1, -0.05) is 0 Å². The summed E-state index contributed by atoms with van der Waals surface area (Å²) >= 11 is -0.191. The zero-order chi connectivity index (χ0) is 23.7. The van der Waals surface area contributed by atoms with Crippen LogP contribution in [0.25, 0.3) is 5.69 Å². The Morgan fingerprint density at radius 1 is 1.16 bits per heavy atom. The van der Waals surface area contributed by atoms with Gasteiger partial charge in [0.15, 0.2) is 0 Å². The van der Waals surface area contributed by atoms with E-state index in [4.69, 9.17) is 9.47 Å². The molecule has 0 radical (unpaired) electrons.